The third kappa shape index (κ3) is 3.57. The van der Waals surface area contributed by atoms with Crippen LogP contribution in [0.3, 0.4) is 0 Å². The molecule has 1 aromatic heterocycles. The van der Waals surface area contributed by atoms with E-state index < -0.39 is 16.1 Å². The number of carbonyl (C=O) groups excluding carboxylic acids is 1. The molecule has 0 saturated carbocycles. The second kappa shape index (κ2) is 5.92. The molecular formula is C12H20N4O3S. The summed E-state index contributed by atoms with van der Waals surface area (Å²) in [6.07, 6.45) is 5.94. The van der Waals surface area contributed by atoms with Gasteiger partial charge in [-0.05, 0) is 25.8 Å². The van der Waals surface area contributed by atoms with Crippen molar-refractivity contribution in [2.24, 2.45) is 0 Å². The maximum atomic E-state index is 12.2. The van der Waals surface area contributed by atoms with Gasteiger partial charge in [0.2, 0.25) is 15.9 Å². The van der Waals surface area contributed by atoms with Crippen LogP contribution in [-0.2, 0) is 21.4 Å². The maximum absolute atomic E-state index is 12.2. The summed E-state index contributed by atoms with van der Waals surface area (Å²) in [7, 11) is -3.33. The van der Waals surface area contributed by atoms with Gasteiger partial charge in [0.05, 0.1) is 12.8 Å². The number of aromatic nitrogens is 2. The molecular weight excluding hydrogens is 280 g/mol. The van der Waals surface area contributed by atoms with Gasteiger partial charge in [0, 0.05) is 25.0 Å². The van der Waals surface area contributed by atoms with Crippen molar-refractivity contribution in [3.63, 3.8) is 0 Å². The van der Waals surface area contributed by atoms with Crippen LogP contribution in [0.1, 0.15) is 19.8 Å². The molecule has 1 saturated heterocycles. The van der Waals surface area contributed by atoms with Gasteiger partial charge in [0.1, 0.15) is 6.04 Å². The molecule has 2 heterocycles. The number of hydrogen-bond acceptors (Lipinski definition) is 4. The molecule has 1 amide bonds. The molecule has 112 valence electrons. The highest BCUT2D eigenvalue weighted by atomic mass is 32.2. The standard InChI is InChI=1S/C12H20N4O3S/c1-10(9-15-7-4-6-13-15)14-12(17)11-5-3-8-16(11)20(2,18)19/h4,6-7,10-11H,3,5,8-9H2,1-2H3,(H,14,17)/t10-,11+/m1/s1. The number of amides is 1. The van der Waals surface area contributed by atoms with Crippen molar-refractivity contribution in [2.45, 2.75) is 38.4 Å². The fourth-order valence-electron chi connectivity index (χ4n) is 2.47. The molecule has 1 N–H and O–H groups in total. The van der Waals surface area contributed by atoms with Crippen LogP contribution in [-0.4, -0.2) is 53.3 Å². The molecule has 1 fully saturated rings. The molecule has 0 bridgehead atoms. The smallest absolute Gasteiger partial charge is 0.238 e. The molecule has 2 atom stereocenters. The Kier molecular flexibility index (Phi) is 4.44. The highest BCUT2D eigenvalue weighted by Gasteiger charge is 2.36. The molecule has 0 aromatic carbocycles. The van der Waals surface area contributed by atoms with E-state index in [1.54, 1.807) is 10.9 Å². The van der Waals surface area contributed by atoms with E-state index in [0.717, 1.165) is 12.7 Å². The largest absolute Gasteiger partial charge is 0.350 e. The highest BCUT2D eigenvalue weighted by molar-refractivity contribution is 7.88. The molecule has 0 aliphatic carbocycles. The van der Waals surface area contributed by atoms with Crippen molar-refractivity contribution in [1.82, 2.24) is 19.4 Å². The van der Waals surface area contributed by atoms with E-state index >= 15 is 0 Å². The summed E-state index contributed by atoms with van der Waals surface area (Å²) in [5.41, 5.74) is 0. The Balaban J connectivity index is 1.94. The van der Waals surface area contributed by atoms with Gasteiger partial charge < -0.3 is 5.32 Å². The summed E-state index contributed by atoms with van der Waals surface area (Å²) in [6.45, 7) is 2.86. The number of nitrogens with zero attached hydrogens (tertiary/aromatic N) is 3. The lowest BCUT2D eigenvalue weighted by Crippen LogP contribution is -2.48. The number of nitrogens with one attached hydrogen (secondary N) is 1. The van der Waals surface area contributed by atoms with Gasteiger partial charge in [-0.3, -0.25) is 9.48 Å². The van der Waals surface area contributed by atoms with Gasteiger partial charge in [-0.25, -0.2) is 8.42 Å². The van der Waals surface area contributed by atoms with Crippen molar-refractivity contribution in [1.29, 1.82) is 0 Å². The number of rotatable bonds is 5. The minimum absolute atomic E-state index is 0.107. The van der Waals surface area contributed by atoms with Crippen LogP contribution >= 0.6 is 0 Å². The fraction of sp³-hybridized carbons (Fsp3) is 0.667. The van der Waals surface area contributed by atoms with Crippen LogP contribution in [0.2, 0.25) is 0 Å². The number of hydrogen-bond donors (Lipinski definition) is 1. The van der Waals surface area contributed by atoms with Crippen LogP contribution in [0, 0.1) is 0 Å². The van der Waals surface area contributed by atoms with E-state index in [4.69, 9.17) is 0 Å². The van der Waals surface area contributed by atoms with Gasteiger partial charge in [-0.1, -0.05) is 0 Å². The molecule has 0 unspecified atom stereocenters. The van der Waals surface area contributed by atoms with Gasteiger partial charge >= 0.3 is 0 Å². The lowest BCUT2D eigenvalue weighted by atomic mass is 10.2. The quantitative estimate of drug-likeness (QED) is 0.817. The number of sulfonamides is 1. The van der Waals surface area contributed by atoms with Crippen molar-refractivity contribution in [3.8, 4) is 0 Å². The summed E-state index contributed by atoms with van der Waals surface area (Å²) < 4.78 is 26.3. The van der Waals surface area contributed by atoms with Gasteiger partial charge in [-0.2, -0.15) is 9.40 Å². The minimum atomic E-state index is -3.33. The highest BCUT2D eigenvalue weighted by Crippen LogP contribution is 2.20. The predicted octanol–water partition coefficient (Wildman–Crippen LogP) is -0.188. The molecule has 2 rings (SSSR count). The second-order valence-electron chi connectivity index (χ2n) is 5.17. The van der Waals surface area contributed by atoms with Crippen molar-refractivity contribution in [3.05, 3.63) is 18.5 Å². The Morgan fingerprint density at radius 3 is 2.90 bits per heavy atom. The Labute approximate surface area is 119 Å². The van der Waals surface area contributed by atoms with Crippen LogP contribution in [0.5, 0.6) is 0 Å². The van der Waals surface area contributed by atoms with Crippen molar-refractivity contribution < 1.29 is 13.2 Å². The molecule has 0 radical (unpaired) electrons. The van der Waals surface area contributed by atoms with Crippen LogP contribution < -0.4 is 5.32 Å². The van der Waals surface area contributed by atoms with Crippen molar-refractivity contribution in [2.75, 3.05) is 12.8 Å². The number of carbonyl (C=O) groups is 1. The molecule has 8 heteroatoms. The maximum Gasteiger partial charge on any atom is 0.238 e. The minimum Gasteiger partial charge on any atom is -0.350 e. The monoisotopic (exact) mass is 300 g/mol. The van der Waals surface area contributed by atoms with E-state index in [9.17, 15) is 13.2 Å². The lowest BCUT2D eigenvalue weighted by Gasteiger charge is -2.23. The molecule has 1 aromatic rings. The first-order valence-electron chi connectivity index (χ1n) is 6.62. The topological polar surface area (TPSA) is 84.3 Å². The lowest BCUT2D eigenvalue weighted by molar-refractivity contribution is -0.124. The summed E-state index contributed by atoms with van der Waals surface area (Å²) in [4.78, 5) is 12.2. The Hall–Kier alpha value is -1.41. The zero-order valence-electron chi connectivity index (χ0n) is 11.7. The first-order valence-corrected chi connectivity index (χ1v) is 8.47. The third-order valence-electron chi connectivity index (χ3n) is 3.34. The molecule has 20 heavy (non-hydrogen) atoms. The summed E-state index contributed by atoms with van der Waals surface area (Å²) >= 11 is 0. The first-order chi connectivity index (χ1) is 9.38. The van der Waals surface area contributed by atoms with E-state index in [1.807, 2.05) is 19.2 Å². The summed E-state index contributed by atoms with van der Waals surface area (Å²) in [5, 5.41) is 6.93. The van der Waals surface area contributed by atoms with E-state index in [1.165, 1.54) is 4.31 Å². The van der Waals surface area contributed by atoms with Gasteiger partial charge in [0.15, 0.2) is 0 Å². The van der Waals surface area contributed by atoms with Crippen LogP contribution in [0.15, 0.2) is 18.5 Å². The Bertz CT molecular complexity index is 555. The molecule has 7 nitrogen and oxygen atoms in total. The van der Waals surface area contributed by atoms with Crippen LogP contribution in [0.4, 0.5) is 0 Å². The Morgan fingerprint density at radius 1 is 1.55 bits per heavy atom. The average molecular weight is 300 g/mol. The molecule has 1 aliphatic heterocycles. The van der Waals surface area contributed by atoms with Crippen molar-refractivity contribution >= 4 is 15.9 Å². The molecule has 0 spiro atoms. The van der Waals surface area contributed by atoms with Gasteiger partial charge in [0.25, 0.3) is 0 Å². The molecule has 1 aliphatic rings. The van der Waals surface area contributed by atoms with E-state index in [-0.39, 0.29) is 11.9 Å². The zero-order chi connectivity index (χ0) is 14.8. The first kappa shape index (κ1) is 15.0. The predicted molar refractivity (Wildman–Crippen MR) is 74.4 cm³/mol. The Morgan fingerprint density at radius 2 is 2.30 bits per heavy atom. The normalized spacial score (nSPS) is 21.8. The second-order valence-corrected chi connectivity index (χ2v) is 7.10. The van der Waals surface area contributed by atoms with Crippen LogP contribution in [0.25, 0.3) is 0 Å². The van der Waals surface area contributed by atoms with Gasteiger partial charge in [-0.15, -0.1) is 0 Å². The summed E-state index contributed by atoms with van der Waals surface area (Å²) in [5.74, 6) is -0.229. The van der Waals surface area contributed by atoms with E-state index in [0.29, 0.717) is 19.5 Å². The summed E-state index contributed by atoms with van der Waals surface area (Å²) in [6, 6.07) is 1.13. The zero-order valence-corrected chi connectivity index (χ0v) is 12.5. The third-order valence-corrected chi connectivity index (χ3v) is 4.63. The fourth-order valence-corrected chi connectivity index (χ4v) is 3.60. The SMILES string of the molecule is C[C@H](Cn1cccn1)NC(=O)[C@@H]1CCCN1S(C)(=O)=O. The average Bonchev–Trinajstić information content (AvgIpc) is 2.96. The van der Waals surface area contributed by atoms with E-state index in [2.05, 4.69) is 10.4 Å².